The first kappa shape index (κ1) is 15.9. The Balaban J connectivity index is 1.96. The molecule has 1 saturated carbocycles. The second-order valence-electron chi connectivity index (χ2n) is 5.91. The second-order valence-corrected chi connectivity index (χ2v) is 7.69. The zero-order valence-electron chi connectivity index (χ0n) is 12.9. The van der Waals surface area contributed by atoms with Gasteiger partial charge in [-0.2, -0.15) is 0 Å². The van der Waals surface area contributed by atoms with E-state index in [0.717, 1.165) is 19.1 Å². The number of sulfonamides is 1. The van der Waals surface area contributed by atoms with Crippen molar-refractivity contribution in [3.05, 3.63) is 52.9 Å². The average molecular weight is 334 g/mol. The number of rotatable bonds is 6. The molecule has 7 heteroatoms. The SMILES string of the molecule is CC(NS(C)(=O)=O)c1ccccc1C(=O)c1cnoc1C1CC1. The van der Waals surface area contributed by atoms with Crippen molar-refractivity contribution in [3.8, 4) is 0 Å². The zero-order valence-corrected chi connectivity index (χ0v) is 13.8. The van der Waals surface area contributed by atoms with Crippen LogP contribution in [0.25, 0.3) is 0 Å². The topological polar surface area (TPSA) is 89.3 Å². The first-order valence-corrected chi connectivity index (χ1v) is 9.31. The van der Waals surface area contributed by atoms with Crippen LogP contribution in [0, 0.1) is 0 Å². The summed E-state index contributed by atoms with van der Waals surface area (Å²) in [5.41, 5.74) is 1.55. The minimum Gasteiger partial charge on any atom is -0.360 e. The predicted octanol–water partition coefficient (Wildman–Crippen LogP) is 2.39. The Morgan fingerprint density at radius 1 is 1.30 bits per heavy atom. The number of nitrogens with one attached hydrogen (secondary N) is 1. The number of benzene rings is 1. The van der Waals surface area contributed by atoms with Gasteiger partial charge in [0.15, 0.2) is 11.5 Å². The van der Waals surface area contributed by atoms with Gasteiger partial charge in [0.25, 0.3) is 0 Å². The van der Waals surface area contributed by atoms with Gasteiger partial charge in [-0.15, -0.1) is 0 Å². The summed E-state index contributed by atoms with van der Waals surface area (Å²) < 4.78 is 30.6. The van der Waals surface area contributed by atoms with E-state index in [2.05, 4.69) is 9.88 Å². The fraction of sp³-hybridized carbons (Fsp3) is 0.375. The molecule has 1 atom stereocenters. The van der Waals surface area contributed by atoms with Crippen molar-refractivity contribution in [1.82, 2.24) is 9.88 Å². The Kier molecular flexibility index (Phi) is 4.08. The Morgan fingerprint density at radius 3 is 2.65 bits per heavy atom. The van der Waals surface area contributed by atoms with Gasteiger partial charge in [0.1, 0.15) is 0 Å². The molecule has 1 aromatic heterocycles. The van der Waals surface area contributed by atoms with Gasteiger partial charge < -0.3 is 4.52 Å². The smallest absolute Gasteiger partial charge is 0.209 e. The number of carbonyl (C=O) groups excluding carboxylic acids is 1. The quantitative estimate of drug-likeness (QED) is 0.819. The van der Waals surface area contributed by atoms with Crippen molar-refractivity contribution < 1.29 is 17.7 Å². The van der Waals surface area contributed by atoms with Gasteiger partial charge in [-0.05, 0) is 25.3 Å². The number of hydrogen-bond donors (Lipinski definition) is 1. The largest absolute Gasteiger partial charge is 0.360 e. The Bertz CT molecular complexity index is 837. The first-order valence-electron chi connectivity index (χ1n) is 7.42. The fourth-order valence-corrected chi connectivity index (χ4v) is 3.44. The number of ketones is 1. The fourth-order valence-electron chi connectivity index (χ4n) is 2.67. The van der Waals surface area contributed by atoms with Gasteiger partial charge in [0.2, 0.25) is 10.0 Å². The minimum absolute atomic E-state index is 0.189. The van der Waals surface area contributed by atoms with E-state index in [-0.39, 0.29) is 11.7 Å². The van der Waals surface area contributed by atoms with Gasteiger partial charge >= 0.3 is 0 Å². The van der Waals surface area contributed by atoms with Crippen LogP contribution in [-0.2, 0) is 10.0 Å². The molecule has 1 aliphatic carbocycles. The molecule has 1 heterocycles. The molecule has 1 aliphatic rings. The van der Waals surface area contributed by atoms with Gasteiger partial charge in [-0.25, -0.2) is 13.1 Å². The van der Waals surface area contributed by atoms with Crippen molar-refractivity contribution in [1.29, 1.82) is 0 Å². The normalized spacial score (nSPS) is 16.3. The zero-order chi connectivity index (χ0) is 16.6. The van der Waals surface area contributed by atoms with Gasteiger partial charge in [-0.1, -0.05) is 29.4 Å². The minimum atomic E-state index is -3.37. The van der Waals surface area contributed by atoms with Crippen LogP contribution in [0.15, 0.2) is 35.0 Å². The molecule has 122 valence electrons. The molecule has 0 radical (unpaired) electrons. The summed E-state index contributed by atoms with van der Waals surface area (Å²) in [7, 11) is -3.37. The molecule has 0 saturated heterocycles. The molecule has 0 aliphatic heterocycles. The third-order valence-corrected chi connectivity index (χ3v) is 4.64. The number of hydrogen-bond acceptors (Lipinski definition) is 5. The lowest BCUT2D eigenvalue weighted by Crippen LogP contribution is -2.26. The van der Waals surface area contributed by atoms with Crippen LogP contribution >= 0.6 is 0 Å². The van der Waals surface area contributed by atoms with Gasteiger partial charge in [0.05, 0.1) is 18.0 Å². The van der Waals surface area contributed by atoms with Gasteiger partial charge in [-0.3, -0.25) is 4.79 Å². The number of aromatic nitrogens is 1. The van der Waals surface area contributed by atoms with E-state index < -0.39 is 16.1 Å². The summed E-state index contributed by atoms with van der Waals surface area (Å²) >= 11 is 0. The van der Waals surface area contributed by atoms with E-state index in [4.69, 9.17) is 4.52 Å². The van der Waals surface area contributed by atoms with Crippen molar-refractivity contribution in [3.63, 3.8) is 0 Å². The third kappa shape index (κ3) is 3.51. The van der Waals surface area contributed by atoms with E-state index in [1.165, 1.54) is 6.20 Å². The van der Waals surface area contributed by atoms with Crippen molar-refractivity contribution in [2.45, 2.75) is 31.7 Å². The highest BCUT2D eigenvalue weighted by Crippen LogP contribution is 2.42. The monoisotopic (exact) mass is 334 g/mol. The van der Waals surface area contributed by atoms with Crippen LogP contribution in [0.5, 0.6) is 0 Å². The molecule has 1 N–H and O–H groups in total. The molecule has 1 aromatic carbocycles. The van der Waals surface area contributed by atoms with Crippen LogP contribution in [0.2, 0.25) is 0 Å². The predicted molar refractivity (Wildman–Crippen MR) is 84.7 cm³/mol. The first-order chi connectivity index (χ1) is 10.9. The Labute approximate surface area is 134 Å². The van der Waals surface area contributed by atoms with Crippen LogP contribution in [0.3, 0.4) is 0 Å². The molecule has 0 spiro atoms. The maximum atomic E-state index is 12.9. The molecular weight excluding hydrogens is 316 g/mol. The number of nitrogens with zero attached hydrogens (tertiary/aromatic N) is 1. The highest BCUT2D eigenvalue weighted by molar-refractivity contribution is 7.88. The molecule has 3 rings (SSSR count). The van der Waals surface area contributed by atoms with Crippen LogP contribution in [0.1, 0.15) is 59.0 Å². The summed E-state index contributed by atoms with van der Waals surface area (Å²) in [5, 5.41) is 3.76. The molecule has 1 fully saturated rings. The highest BCUT2D eigenvalue weighted by atomic mass is 32.2. The Hall–Kier alpha value is -1.99. The molecule has 0 amide bonds. The Morgan fingerprint density at radius 2 is 2.00 bits per heavy atom. The number of carbonyl (C=O) groups is 1. The van der Waals surface area contributed by atoms with E-state index in [9.17, 15) is 13.2 Å². The molecule has 0 bridgehead atoms. The summed E-state index contributed by atoms with van der Waals surface area (Å²) in [4.78, 5) is 12.9. The maximum Gasteiger partial charge on any atom is 0.209 e. The summed E-state index contributed by atoms with van der Waals surface area (Å²) in [6, 6.07) is 6.48. The van der Waals surface area contributed by atoms with Gasteiger partial charge in [0, 0.05) is 17.5 Å². The molecule has 2 aromatic rings. The molecule has 6 nitrogen and oxygen atoms in total. The third-order valence-electron chi connectivity index (χ3n) is 3.85. The van der Waals surface area contributed by atoms with E-state index in [0.29, 0.717) is 22.5 Å². The highest BCUT2D eigenvalue weighted by Gasteiger charge is 2.33. The van der Waals surface area contributed by atoms with E-state index >= 15 is 0 Å². The summed E-state index contributed by atoms with van der Waals surface area (Å²) in [6.07, 6.45) is 4.55. The van der Waals surface area contributed by atoms with Crippen molar-refractivity contribution in [2.75, 3.05) is 6.26 Å². The van der Waals surface area contributed by atoms with Crippen LogP contribution in [0.4, 0.5) is 0 Å². The lowest BCUT2D eigenvalue weighted by atomic mass is 9.95. The summed E-state index contributed by atoms with van der Waals surface area (Å²) in [5.74, 6) is 0.717. The van der Waals surface area contributed by atoms with Crippen molar-refractivity contribution >= 4 is 15.8 Å². The lowest BCUT2D eigenvalue weighted by molar-refractivity contribution is 0.103. The van der Waals surface area contributed by atoms with Crippen LogP contribution < -0.4 is 4.72 Å². The van der Waals surface area contributed by atoms with E-state index in [1.54, 1.807) is 31.2 Å². The summed E-state index contributed by atoms with van der Waals surface area (Å²) in [6.45, 7) is 1.71. The molecule has 23 heavy (non-hydrogen) atoms. The lowest BCUT2D eigenvalue weighted by Gasteiger charge is -2.16. The maximum absolute atomic E-state index is 12.9. The average Bonchev–Trinajstić information content (AvgIpc) is 3.22. The molecule has 1 unspecified atom stereocenters. The second kappa shape index (κ2) is 5.90. The molecular formula is C16H18N2O4S. The van der Waals surface area contributed by atoms with Crippen molar-refractivity contribution in [2.24, 2.45) is 0 Å². The van der Waals surface area contributed by atoms with E-state index in [1.807, 2.05) is 0 Å². The standard InChI is InChI=1S/C16H18N2O4S/c1-10(18-23(2,20)21)12-5-3-4-6-13(12)15(19)14-9-17-22-16(14)11-7-8-11/h3-6,9-11,18H,7-8H2,1-2H3. The van der Waals surface area contributed by atoms with Crippen LogP contribution in [-0.4, -0.2) is 25.6 Å².